The van der Waals surface area contributed by atoms with Gasteiger partial charge in [-0.1, -0.05) is 41.9 Å². The second-order valence-corrected chi connectivity index (χ2v) is 9.38. The molecule has 0 spiro atoms. The van der Waals surface area contributed by atoms with E-state index in [1.165, 1.54) is 22.5 Å². The molecule has 0 heterocycles. The third-order valence-electron chi connectivity index (χ3n) is 4.71. The van der Waals surface area contributed by atoms with Gasteiger partial charge in [-0.25, -0.2) is 13.8 Å². The van der Waals surface area contributed by atoms with Crippen molar-refractivity contribution in [3.8, 4) is 5.75 Å². The Morgan fingerprint density at radius 1 is 1.03 bits per heavy atom. The van der Waals surface area contributed by atoms with Crippen molar-refractivity contribution in [3.63, 3.8) is 0 Å². The minimum Gasteiger partial charge on any atom is -0.507 e. The lowest BCUT2D eigenvalue weighted by Crippen LogP contribution is -2.29. The fourth-order valence-corrected chi connectivity index (χ4v) is 4.07. The van der Waals surface area contributed by atoms with Gasteiger partial charge >= 0.3 is 0 Å². The highest BCUT2D eigenvalue weighted by Crippen LogP contribution is 2.24. The van der Waals surface area contributed by atoms with Crippen LogP contribution < -0.4 is 9.73 Å². The Bertz CT molecular complexity index is 1260. The molecule has 7 nitrogen and oxygen atoms in total. The standard InChI is InChI=1S/C23H22ClN3O4S/c1-16(20-8-4-6-10-22(20)28)25-26-23(29)17-11-13-19(14-12-17)27(32(2,30)31)15-18-7-3-5-9-21(18)24/h3-14,28H,15H2,1-2H3,(H,26,29)/b25-16-. The monoisotopic (exact) mass is 471 g/mol. The van der Waals surface area contributed by atoms with Gasteiger partial charge in [0.2, 0.25) is 10.0 Å². The summed E-state index contributed by atoms with van der Waals surface area (Å²) in [7, 11) is -3.59. The van der Waals surface area contributed by atoms with Gasteiger partial charge in [-0.05, 0) is 55.0 Å². The van der Waals surface area contributed by atoms with Crippen molar-refractivity contribution in [2.24, 2.45) is 5.10 Å². The largest absolute Gasteiger partial charge is 0.507 e. The molecule has 0 atom stereocenters. The molecule has 32 heavy (non-hydrogen) atoms. The Morgan fingerprint density at radius 3 is 2.28 bits per heavy atom. The molecule has 0 saturated carbocycles. The molecule has 3 rings (SSSR count). The van der Waals surface area contributed by atoms with Crippen LogP contribution in [0.1, 0.15) is 28.4 Å². The number of rotatable bonds is 7. The molecule has 0 aliphatic carbocycles. The molecule has 0 fully saturated rings. The summed E-state index contributed by atoms with van der Waals surface area (Å²) in [4.78, 5) is 12.4. The topological polar surface area (TPSA) is 99.1 Å². The van der Waals surface area contributed by atoms with Crippen LogP contribution in [0.4, 0.5) is 5.69 Å². The number of aromatic hydroxyl groups is 1. The predicted molar refractivity (Wildman–Crippen MR) is 127 cm³/mol. The normalized spacial score (nSPS) is 11.8. The number of benzene rings is 3. The summed E-state index contributed by atoms with van der Waals surface area (Å²) < 4.78 is 26.0. The van der Waals surface area contributed by atoms with Crippen LogP contribution in [0.15, 0.2) is 77.9 Å². The quantitative estimate of drug-likeness (QED) is 0.399. The van der Waals surface area contributed by atoms with Crippen LogP contribution in [-0.4, -0.2) is 31.4 Å². The number of hydrogen-bond acceptors (Lipinski definition) is 5. The molecule has 0 aromatic heterocycles. The predicted octanol–water partition coefficient (Wildman–Crippen LogP) is 4.17. The Balaban J connectivity index is 1.77. The summed E-state index contributed by atoms with van der Waals surface area (Å²) in [5, 5.41) is 14.4. The summed E-state index contributed by atoms with van der Waals surface area (Å²) in [5.41, 5.74) is 4.75. The Kier molecular flexibility index (Phi) is 7.17. The third kappa shape index (κ3) is 5.66. The lowest BCUT2D eigenvalue weighted by atomic mass is 10.1. The summed E-state index contributed by atoms with van der Waals surface area (Å²) in [6.45, 7) is 1.73. The molecule has 2 N–H and O–H groups in total. The number of phenolic OH excluding ortho intramolecular Hbond substituents is 1. The fraction of sp³-hybridized carbons (Fsp3) is 0.130. The number of phenols is 1. The highest BCUT2D eigenvalue weighted by molar-refractivity contribution is 7.92. The number of hydrazone groups is 1. The average molecular weight is 472 g/mol. The summed E-state index contributed by atoms with van der Waals surface area (Å²) in [5.74, 6) is -0.407. The smallest absolute Gasteiger partial charge is 0.271 e. The van der Waals surface area contributed by atoms with E-state index in [1.54, 1.807) is 61.5 Å². The Morgan fingerprint density at radius 2 is 1.66 bits per heavy atom. The second-order valence-electron chi connectivity index (χ2n) is 7.06. The first kappa shape index (κ1) is 23.3. The minimum atomic E-state index is -3.59. The number of nitrogens with one attached hydrogen (secondary N) is 1. The fourth-order valence-electron chi connectivity index (χ4n) is 3.00. The number of hydrogen-bond donors (Lipinski definition) is 2. The summed E-state index contributed by atoms with van der Waals surface area (Å²) in [6, 6.07) is 19.8. The van der Waals surface area contributed by atoms with Crippen molar-refractivity contribution >= 4 is 38.9 Å². The van der Waals surface area contributed by atoms with Gasteiger partial charge < -0.3 is 5.11 Å². The maximum Gasteiger partial charge on any atom is 0.271 e. The summed E-state index contributed by atoms with van der Waals surface area (Å²) in [6.07, 6.45) is 1.11. The molecule has 3 aromatic rings. The zero-order chi connectivity index (χ0) is 23.3. The molecule has 0 aliphatic heterocycles. The lowest BCUT2D eigenvalue weighted by molar-refractivity contribution is 0.0955. The number of anilines is 1. The number of para-hydroxylation sites is 1. The van der Waals surface area contributed by atoms with Crippen molar-refractivity contribution in [2.45, 2.75) is 13.5 Å². The maximum atomic E-state index is 12.4. The highest BCUT2D eigenvalue weighted by atomic mass is 35.5. The number of carbonyl (C=O) groups excluding carboxylic acids is 1. The highest BCUT2D eigenvalue weighted by Gasteiger charge is 2.19. The minimum absolute atomic E-state index is 0.0618. The molecular formula is C23H22ClN3O4S. The van der Waals surface area contributed by atoms with Crippen LogP contribution >= 0.6 is 11.6 Å². The first-order valence-electron chi connectivity index (χ1n) is 9.61. The van der Waals surface area contributed by atoms with Crippen molar-refractivity contribution in [3.05, 3.63) is 94.5 Å². The number of nitrogens with zero attached hydrogens (tertiary/aromatic N) is 2. The zero-order valence-electron chi connectivity index (χ0n) is 17.5. The van der Waals surface area contributed by atoms with E-state index in [1.807, 2.05) is 0 Å². The third-order valence-corrected chi connectivity index (χ3v) is 6.22. The molecule has 0 radical (unpaired) electrons. The molecule has 0 aliphatic rings. The van der Waals surface area contributed by atoms with Crippen LogP contribution in [0, 0.1) is 0 Å². The van der Waals surface area contributed by atoms with Gasteiger partial charge in [0.15, 0.2) is 0 Å². The maximum absolute atomic E-state index is 12.4. The average Bonchev–Trinajstić information content (AvgIpc) is 2.76. The van der Waals surface area contributed by atoms with Gasteiger partial charge in [0.25, 0.3) is 5.91 Å². The molecule has 3 aromatic carbocycles. The zero-order valence-corrected chi connectivity index (χ0v) is 19.1. The molecule has 0 saturated heterocycles. The molecule has 166 valence electrons. The first-order chi connectivity index (χ1) is 15.2. The number of sulfonamides is 1. The van der Waals surface area contributed by atoms with Crippen LogP contribution in [-0.2, 0) is 16.6 Å². The first-order valence-corrected chi connectivity index (χ1v) is 11.8. The summed E-state index contributed by atoms with van der Waals surface area (Å²) >= 11 is 6.18. The number of halogens is 1. The molecule has 9 heteroatoms. The lowest BCUT2D eigenvalue weighted by Gasteiger charge is -2.23. The van der Waals surface area contributed by atoms with Gasteiger partial charge in [0, 0.05) is 16.1 Å². The van der Waals surface area contributed by atoms with Crippen LogP contribution in [0.5, 0.6) is 5.75 Å². The van der Waals surface area contributed by atoms with E-state index in [4.69, 9.17) is 11.6 Å². The van der Waals surface area contributed by atoms with E-state index >= 15 is 0 Å². The van der Waals surface area contributed by atoms with Gasteiger partial charge in [-0.2, -0.15) is 5.10 Å². The Hall–Kier alpha value is -3.36. The van der Waals surface area contributed by atoms with Gasteiger partial charge in [0.05, 0.1) is 24.2 Å². The van der Waals surface area contributed by atoms with Crippen molar-refractivity contribution in [1.29, 1.82) is 0 Å². The molecule has 0 bridgehead atoms. The van der Waals surface area contributed by atoms with Crippen LogP contribution in [0.25, 0.3) is 0 Å². The van der Waals surface area contributed by atoms with E-state index in [0.717, 1.165) is 6.26 Å². The van der Waals surface area contributed by atoms with E-state index in [2.05, 4.69) is 10.5 Å². The molecule has 1 amide bonds. The van der Waals surface area contributed by atoms with Crippen LogP contribution in [0.3, 0.4) is 0 Å². The van der Waals surface area contributed by atoms with Crippen molar-refractivity contribution < 1.29 is 18.3 Å². The van der Waals surface area contributed by atoms with E-state index < -0.39 is 15.9 Å². The molecular weight excluding hydrogens is 450 g/mol. The number of amides is 1. The van der Waals surface area contributed by atoms with Gasteiger partial charge in [-0.3, -0.25) is 9.10 Å². The second kappa shape index (κ2) is 9.84. The van der Waals surface area contributed by atoms with E-state index in [9.17, 15) is 18.3 Å². The van der Waals surface area contributed by atoms with E-state index in [0.29, 0.717) is 33.1 Å². The van der Waals surface area contributed by atoms with Crippen molar-refractivity contribution in [2.75, 3.05) is 10.6 Å². The Labute approximate surface area is 192 Å². The number of carbonyl (C=O) groups is 1. The SMILES string of the molecule is C/C(=N/NC(=O)c1ccc(N(Cc2ccccc2Cl)S(C)(=O)=O)cc1)c1ccccc1O. The van der Waals surface area contributed by atoms with E-state index in [-0.39, 0.29) is 12.3 Å². The van der Waals surface area contributed by atoms with Gasteiger partial charge in [0.1, 0.15) is 5.75 Å². The van der Waals surface area contributed by atoms with Gasteiger partial charge in [-0.15, -0.1) is 0 Å². The van der Waals surface area contributed by atoms with Crippen LogP contribution in [0.2, 0.25) is 5.02 Å². The van der Waals surface area contributed by atoms with Crippen molar-refractivity contribution in [1.82, 2.24) is 5.43 Å². The molecule has 0 unspecified atom stereocenters.